The second-order valence-corrected chi connectivity index (χ2v) is 3.83. The number of benzene rings is 1. The third-order valence-electron chi connectivity index (χ3n) is 2.14. The molecule has 1 unspecified atom stereocenters. The molecule has 1 atom stereocenters. The van der Waals surface area contributed by atoms with Crippen LogP contribution in [0.2, 0.25) is 0 Å². The van der Waals surface area contributed by atoms with E-state index >= 15 is 0 Å². The van der Waals surface area contributed by atoms with E-state index in [1.54, 1.807) is 18.2 Å². The van der Waals surface area contributed by atoms with Gasteiger partial charge in [-0.3, -0.25) is 0 Å². The number of nitrogens with zero attached hydrogens (tertiary/aromatic N) is 1. The molecular formula is C12H14FN. The first-order valence-electron chi connectivity index (χ1n) is 4.79. The Morgan fingerprint density at radius 1 is 1.36 bits per heavy atom. The molecule has 0 aromatic heterocycles. The molecule has 1 rings (SSSR count). The van der Waals surface area contributed by atoms with E-state index < -0.39 is 0 Å². The Hall–Kier alpha value is -1.36. The van der Waals surface area contributed by atoms with Crippen LogP contribution in [0, 0.1) is 23.1 Å². The zero-order valence-electron chi connectivity index (χ0n) is 8.50. The van der Waals surface area contributed by atoms with Crippen molar-refractivity contribution in [3.63, 3.8) is 0 Å². The van der Waals surface area contributed by atoms with E-state index in [4.69, 9.17) is 5.26 Å². The van der Waals surface area contributed by atoms with E-state index in [1.165, 1.54) is 6.07 Å². The van der Waals surface area contributed by atoms with Gasteiger partial charge in [-0.15, -0.1) is 0 Å². The summed E-state index contributed by atoms with van der Waals surface area (Å²) in [5.74, 6) is -0.199. The second kappa shape index (κ2) is 4.76. The fourth-order valence-electron chi connectivity index (χ4n) is 1.48. The van der Waals surface area contributed by atoms with Crippen molar-refractivity contribution < 1.29 is 4.39 Å². The minimum absolute atomic E-state index is 0.278. The van der Waals surface area contributed by atoms with Crippen molar-refractivity contribution >= 4 is 0 Å². The molecule has 0 radical (unpaired) electrons. The molecule has 0 fully saturated rings. The summed E-state index contributed by atoms with van der Waals surface area (Å²) in [6.07, 6.45) is 0.706. The predicted molar refractivity (Wildman–Crippen MR) is 54.2 cm³/mol. The van der Waals surface area contributed by atoms with Gasteiger partial charge in [0.2, 0.25) is 0 Å². The summed E-state index contributed by atoms with van der Waals surface area (Å²) in [4.78, 5) is 0. The first-order valence-corrected chi connectivity index (χ1v) is 4.79. The molecule has 0 spiro atoms. The van der Waals surface area contributed by atoms with Gasteiger partial charge in [0.1, 0.15) is 5.82 Å². The quantitative estimate of drug-likeness (QED) is 0.717. The molecule has 0 N–H and O–H groups in total. The van der Waals surface area contributed by atoms with Crippen LogP contribution in [-0.2, 0) is 0 Å². The molecule has 1 aromatic rings. The Labute approximate surface area is 84.2 Å². The number of halogens is 1. The summed E-state index contributed by atoms with van der Waals surface area (Å²) in [7, 11) is 0. The van der Waals surface area contributed by atoms with Gasteiger partial charge in [0.15, 0.2) is 0 Å². The van der Waals surface area contributed by atoms with Gasteiger partial charge in [-0.25, -0.2) is 4.39 Å². The van der Waals surface area contributed by atoms with Crippen LogP contribution in [0.25, 0.3) is 0 Å². The van der Waals surface area contributed by atoms with Crippen molar-refractivity contribution in [2.45, 2.75) is 26.2 Å². The van der Waals surface area contributed by atoms with E-state index in [0.29, 0.717) is 17.9 Å². The number of nitriles is 1. The van der Waals surface area contributed by atoms with Gasteiger partial charge in [0, 0.05) is 5.56 Å². The smallest absolute Gasteiger partial charge is 0.127 e. The molecule has 0 aliphatic heterocycles. The highest BCUT2D eigenvalue weighted by Crippen LogP contribution is 2.24. The molecule has 0 amide bonds. The summed E-state index contributed by atoms with van der Waals surface area (Å²) >= 11 is 0. The fourth-order valence-corrected chi connectivity index (χ4v) is 1.48. The zero-order chi connectivity index (χ0) is 10.6. The molecule has 1 nitrogen and oxygen atoms in total. The van der Waals surface area contributed by atoms with Crippen LogP contribution < -0.4 is 0 Å². The van der Waals surface area contributed by atoms with E-state index in [0.717, 1.165) is 0 Å². The van der Waals surface area contributed by atoms with Crippen molar-refractivity contribution in [3.05, 3.63) is 35.6 Å². The predicted octanol–water partition coefficient (Wildman–Crippen LogP) is 3.48. The monoisotopic (exact) mass is 191 g/mol. The minimum atomic E-state index is -0.323. The van der Waals surface area contributed by atoms with E-state index in [9.17, 15) is 4.39 Å². The van der Waals surface area contributed by atoms with Crippen LogP contribution in [0.1, 0.15) is 31.7 Å². The lowest BCUT2D eigenvalue weighted by Crippen LogP contribution is -2.02. The highest BCUT2D eigenvalue weighted by atomic mass is 19.1. The van der Waals surface area contributed by atoms with Crippen LogP contribution in [-0.4, -0.2) is 0 Å². The van der Waals surface area contributed by atoms with Gasteiger partial charge >= 0.3 is 0 Å². The third kappa shape index (κ3) is 2.56. The lowest BCUT2D eigenvalue weighted by Gasteiger charge is -2.12. The molecule has 0 bridgehead atoms. The summed E-state index contributed by atoms with van der Waals surface area (Å²) in [6.45, 7) is 4.07. The van der Waals surface area contributed by atoms with Gasteiger partial charge in [0.25, 0.3) is 0 Å². The van der Waals surface area contributed by atoms with Gasteiger partial charge in [-0.1, -0.05) is 32.0 Å². The third-order valence-corrected chi connectivity index (χ3v) is 2.14. The number of hydrogen-bond acceptors (Lipinski definition) is 1. The number of hydrogen-bond donors (Lipinski definition) is 0. The van der Waals surface area contributed by atoms with Crippen LogP contribution in [0.4, 0.5) is 4.39 Å². The molecule has 0 heterocycles. The lowest BCUT2D eigenvalue weighted by molar-refractivity contribution is 0.530. The largest absolute Gasteiger partial charge is 0.207 e. The summed E-state index contributed by atoms with van der Waals surface area (Å²) < 4.78 is 13.3. The lowest BCUT2D eigenvalue weighted by atomic mass is 9.91. The summed E-state index contributed by atoms with van der Waals surface area (Å²) in [6, 6.07) is 8.65. The van der Waals surface area contributed by atoms with Crippen molar-refractivity contribution in [2.24, 2.45) is 5.92 Å². The molecule has 0 aliphatic carbocycles. The summed E-state index contributed by atoms with van der Waals surface area (Å²) in [5.41, 5.74) is 0.517. The van der Waals surface area contributed by atoms with Crippen molar-refractivity contribution in [2.75, 3.05) is 0 Å². The van der Waals surface area contributed by atoms with Gasteiger partial charge in [-0.2, -0.15) is 5.26 Å². The molecular weight excluding hydrogens is 177 g/mol. The molecule has 0 saturated carbocycles. The Balaban J connectivity index is 2.91. The Bertz CT molecular complexity index is 338. The average molecular weight is 191 g/mol. The van der Waals surface area contributed by atoms with Crippen molar-refractivity contribution in [3.8, 4) is 6.07 Å². The second-order valence-electron chi connectivity index (χ2n) is 3.83. The first kappa shape index (κ1) is 10.7. The minimum Gasteiger partial charge on any atom is -0.207 e. The first-order chi connectivity index (χ1) is 6.65. The van der Waals surface area contributed by atoms with Crippen LogP contribution in [0.15, 0.2) is 24.3 Å². The van der Waals surface area contributed by atoms with E-state index in [2.05, 4.69) is 6.07 Å². The van der Waals surface area contributed by atoms with Gasteiger partial charge < -0.3 is 0 Å². The average Bonchev–Trinajstić information content (AvgIpc) is 2.15. The van der Waals surface area contributed by atoms with E-state index in [1.807, 2.05) is 13.8 Å². The topological polar surface area (TPSA) is 23.8 Å². The van der Waals surface area contributed by atoms with E-state index in [-0.39, 0.29) is 11.7 Å². The molecule has 1 aromatic carbocycles. The van der Waals surface area contributed by atoms with Gasteiger partial charge in [-0.05, 0) is 18.4 Å². The van der Waals surface area contributed by atoms with Crippen molar-refractivity contribution in [1.29, 1.82) is 5.26 Å². The maximum Gasteiger partial charge on any atom is 0.127 e. The molecule has 14 heavy (non-hydrogen) atoms. The Morgan fingerprint density at radius 3 is 2.50 bits per heavy atom. The Morgan fingerprint density at radius 2 is 2.00 bits per heavy atom. The molecule has 2 heteroatoms. The SMILES string of the molecule is CC(C)CC(C#N)c1ccccc1F. The summed E-state index contributed by atoms with van der Waals surface area (Å²) in [5, 5.41) is 8.94. The highest BCUT2D eigenvalue weighted by molar-refractivity contribution is 5.26. The van der Waals surface area contributed by atoms with Crippen LogP contribution in [0.5, 0.6) is 0 Å². The normalized spacial score (nSPS) is 12.5. The highest BCUT2D eigenvalue weighted by Gasteiger charge is 2.15. The van der Waals surface area contributed by atoms with Crippen LogP contribution in [0.3, 0.4) is 0 Å². The Kier molecular flexibility index (Phi) is 3.64. The fraction of sp³-hybridized carbons (Fsp3) is 0.417. The number of rotatable bonds is 3. The van der Waals surface area contributed by atoms with Gasteiger partial charge in [0.05, 0.1) is 12.0 Å². The van der Waals surface area contributed by atoms with Crippen molar-refractivity contribution in [1.82, 2.24) is 0 Å². The maximum absolute atomic E-state index is 13.3. The molecule has 0 saturated heterocycles. The standard InChI is InChI=1S/C12H14FN/c1-9(2)7-10(8-14)11-5-3-4-6-12(11)13/h3-6,9-10H,7H2,1-2H3. The maximum atomic E-state index is 13.3. The zero-order valence-corrected chi connectivity index (χ0v) is 8.50. The molecule has 74 valence electrons. The molecule has 0 aliphatic rings. The van der Waals surface area contributed by atoms with Crippen LogP contribution >= 0.6 is 0 Å².